The number of hydrogen-bond donors (Lipinski definition) is 1. The molecule has 2 amide bonds. The van der Waals surface area contributed by atoms with Gasteiger partial charge in [0.15, 0.2) is 0 Å². The van der Waals surface area contributed by atoms with Crippen LogP contribution in [-0.4, -0.2) is 87.9 Å². The molecule has 1 N–H and O–H groups in total. The third-order valence-electron chi connectivity index (χ3n) is 5.64. The highest BCUT2D eigenvalue weighted by Gasteiger charge is 2.28. The molecule has 1 aromatic rings. The molecule has 3 atom stereocenters. The van der Waals surface area contributed by atoms with Gasteiger partial charge in [0.25, 0.3) is 5.91 Å². The number of anilines is 1. The summed E-state index contributed by atoms with van der Waals surface area (Å²) in [6, 6.07) is 5.32. The number of nitrogens with one attached hydrogen (secondary N) is 1. The number of ether oxygens (including phenoxy) is 3. The number of carbonyl (C=O) groups excluding carboxylic acids is 2. The van der Waals surface area contributed by atoms with Gasteiger partial charge in [-0.25, -0.2) is 0 Å². The van der Waals surface area contributed by atoms with Gasteiger partial charge >= 0.3 is 0 Å². The average Bonchev–Trinajstić information content (AvgIpc) is 2.74. The second kappa shape index (κ2) is 12.0. The van der Waals surface area contributed by atoms with Crippen molar-refractivity contribution in [2.75, 3.05) is 59.4 Å². The van der Waals surface area contributed by atoms with Crippen molar-refractivity contribution in [3.63, 3.8) is 0 Å². The zero-order valence-electron chi connectivity index (χ0n) is 19.6. The van der Waals surface area contributed by atoms with E-state index in [9.17, 15) is 9.59 Å². The van der Waals surface area contributed by atoms with Crippen LogP contribution in [0.4, 0.5) is 5.69 Å². The van der Waals surface area contributed by atoms with E-state index in [-0.39, 0.29) is 36.5 Å². The Bertz CT molecular complexity index is 742. The average molecular weight is 436 g/mol. The highest BCUT2D eigenvalue weighted by Crippen LogP contribution is 2.26. The summed E-state index contributed by atoms with van der Waals surface area (Å²) in [7, 11) is 4.92. The predicted molar refractivity (Wildman–Crippen MR) is 121 cm³/mol. The van der Waals surface area contributed by atoms with Crippen LogP contribution in [0.5, 0.6) is 5.75 Å². The fourth-order valence-electron chi connectivity index (χ4n) is 3.86. The number of rotatable bonds is 6. The minimum absolute atomic E-state index is 0.0559. The highest BCUT2D eigenvalue weighted by atomic mass is 16.5. The molecule has 2 rings (SSSR count). The maximum Gasteiger partial charge on any atom is 0.257 e. The monoisotopic (exact) mass is 435 g/mol. The van der Waals surface area contributed by atoms with E-state index in [0.29, 0.717) is 30.2 Å². The molecule has 0 radical (unpaired) electrons. The number of benzene rings is 1. The van der Waals surface area contributed by atoms with Crippen LogP contribution >= 0.6 is 0 Å². The molecule has 0 aromatic heterocycles. The predicted octanol–water partition coefficient (Wildman–Crippen LogP) is 2.49. The Morgan fingerprint density at radius 3 is 2.65 bits per heavy atom. The molecule has 1 aromatic carbocycles. The summed E-state index contributed by atoms with van der Waals surface area (Å²) in [6.45, 7) is 9.18. The van der Waals surface area contributed by atoms with E-state index in [1.54, 1.807) is 37.3 Å². The van der Waals surface area contributed by atoms with E-state index in [1.165, 1.54) is 7.11 Å². The van der Waals surface area contributed by atoms with Crippen LogP contribution in [0.15, 0.2) is 18.2 Å². The third kappa shape index (κ3) is 6.92. The van der Waals surface area contributed by atoms with E-state index in [2.05, 4.69) is 31.0 Å². The topological polar surface area (TPSA) is 80.3 Å². The quantitative estimate of drug-likeness (QED) is 0.740. The SMILES string of the molecule is CCCN1C[C@H](C)[C@@H](OC)CN(C)C(=O)c2cc(NC(=O)COC)ccc2OC[C@H]1C. The van der Waals surface area contributed by atoms with Crippen LogP contribution in [0.3, 0.4) is 0 Å². The van der Waals surface area contributed by atoms with E-state index in [0.717, 1.165) is 19.5 Å². The van der Waals surface area contributed by atoms with Gasteiger partial charge < -0.3 is 24.4 Å². The maximum atomic E-state index is 13.3. The Morgan fingerprint density at radius 1 is 1.26 bits per heavy atom. The molecule has 0 fully saturated rings. The van der Waals surface area contributed by atoms with Crippen molar-refractivity contribution < 1.29 is 23.8 Å². The summed E-state index contributed by atoms with van der Waals surface area (Å²) < 4.78 is 16.7. The third-order valence-corrected chi connectivity index (χ3v) is 5.64. The lowest BCUT2D eigenvalue weighted by Gasteiger charge is -2.35. The number of methoxy groups -OCH3 is 2. The summed E-state index contributed by atoms with van der Waals surface area (Å²) in [4.78, 5) is 29.3. The van der Waals surface area contributed by atoms with Crippen LogP contribution in [0, 0.1) is 5.92 Å². The molecule has 1 heterocycles. The van der Waals surface area contributed by atoms with Gasteiger partial charge in [0, 0.05) is 46.1 Å². The van der Waals surface area contributed by atoms with Crippen molar-refractivity contribution in [1.29, 1.82) is 0 Å². The van der Waals surface area contributed by atoms with Crippen LogP contribution in [-0.2, 0) is 14.3 Å². The molecule has 0 bridgehead atoms. The first-order chi connectivity index (χ1) is 14.8. The van der Waals surface area contributed by atoms with Crippen molar-refractivity contribution in [2.45, 2.75) is 39.3 Å². The number of hydrogen-bond acceptors (Lipinski definition) is 6. The second-order valence-electron chi connectivity index (χ2n) is 8.28. The summed E-state index contributed by atoms with van der Waals surface area (Å²) in [6.07, 6.45) is 0.961. The number of nitrogens with zero attached hydrogens (tertiary/aromatic N) is 2. The molecule has 174 valence electrons. The van der Waals surface area contributed by atoms with Gasteiger partial charge in [-0.15, -0.1) is 0 Å². The lowest BCUT2D eigenvalue weighted by molar-refractivity contribution is -0.119. The summed E-state index contributed by atoms with van der Waals surface area (Å²) >= 11 is 0. The zero-order valence-corrected chi connectivity index (χ0v) is 19.6. The first kappa shape index (κ1) is 25.1. The van der Waals surface area contributed by atoms with Crippen molar-refractivity contribution in [2.24, 2.45) is 5.92 Å². The highest BCUT2D eigenvalue weighted by molar-refractivity contribution is 5.99. The van der Waals surface area contributed by atoms with Crippen LogP contribution in [0.1, 0.15) is 37.6 Å². The Balaban J connectivity index is 2.38. The molecule has 0 unspecified atom stereocenters. The van der Waals surface area contributed by atoms with Crippen molar-refractivity contribution in [1.82, 2.24) is 9.80 Å². The van der Waals surface area contributed by atoms with Gasteiger partial charge in [-0.05, 0) is 44.0 Å². The number of likely N-dealkylation sites (N-methyl/N-ethyl adjacent to an activating group) is 1. The molecule has 31 heavy (non-hydrogen) atoms. The van der Waals surface area contributed by atoms with E-state index in [1.807, 2.05) is 0 Å². The van der Waals surface area contributed by atoms with Gasteiger partial charge in [0.2, 0.25) is 5.91 Å². The Hall–Kier alpha value is -2.16. The number of fused-ring (bicyclic) bond motifs is 1. The molecule has 8 heteroatoms. The summed E-state index contributed by atoms with van der Waals surface area (Å²) in [5, 5.41) is 2.75. The van der Waals surface area contributed by atoms with Gasteiger partial charge in [-0.3, -0.25) is 14.5 Å². The molecule has 1 aliphatic rings. The molecular weight excluding hydrogens is 398 g/mol. The zero-order chi connectivity index (χ0) is 23.0. The summed E-state index contributed by atoms with van der Waals surface area (Å²) in [5.74, 6) is 0.292. The lowest BCUT2D eigenvalue weighted by Crippen LogP contribution is -2.46. The van der Waals surface area contributed by atoms with Crippen LogP contribution in [0.2, 0.25) is 0 Å². The molecular formula is C23H37N3O5. The van der Waals surface area contributed by atoms with Gasteiger partial charge in [0.05, 0.1) is 11.7 Å². The van der Waals surface area contributed by atoms with Gasteiger partial charge in [-0.2, -0.15) is 0 Å². The fraction of sp³-hybridized carbons (Fsp3) is 0.652. The van der Waals surface area contributed by atoms with Gasteiger partial charge in [0.1, 0.15) is 19.0 Å². The van der Waals surface area contributed by atoms with Crippen molar-refractivity contribution in [3.8, 4) is 5.75 Å². The Morgan fingerprint density at radius 2 is 2.00 bits per heavy atom. The van der Waals surface area contributed by atoms with E-state index < -0.39 is 0 Å². The number of amides is 2. The first-order valence-corrected chi connectivity index (χ1v) is 10.9. The Labute approximate surface area is 185 Å². The normalized spacial score (nSPS) is 23.4. The molecule has 0 aliphatic carbocycles. The maximum absolute atomic E-state index is 13.3. The summed E-state index contributed by atoms with van der Waals surface area (Å²) in [5.41, 5.74) is 0.936. The minimum Gasteiger partial charge on any atom is -0.491 e. The largest absolute Gasteiger partial charge is 0.491 e. The minimum atomic E-state index is -0.283. The van der Waals surface area contributed by atoms with Crippen LogP contribution in [0.25, 0.3) is 0 Å². The van der Waals surface area contributed by atoms with Crippen LogP contribution < -0.4 is 10.1 Å². The smallest absolute Gasteiger partial charge is 0.257 e. The number of carbonyl (C=O) groups is 2. The molecule has 8 nitrogen and oxygen atoms in total. The second-order valence-corrected chi connectivity index (χ2v) is 8.28. The van der Waals surface area contributed by atoms with E-state index in [4.69, 9.17) is 14.2 Å². The molecule has 0 saturated heterocycles. The molecule has 0 saturated carbocycles. The lowest BCUT2D eigenvalue weighted by atomic mass is 10.0. The van der Waals surface area contributed by atoms with Gasteiger partial charge in [-0.1, -0.05) is 13.8 Å². The van der Waals surface area contributed by atoms with Crippen molar-refractivity contribution in [3.05, 3.63) is 23.8 Å². The molecule has 1 aliphatic heterocycles. The molecule has 0 spiro atoms. The van der Waals surface area contributed by atoms with Crippen molar-refractivity contribution >= 4 is 17.5 Å². The Kier molecular flexibility index (Phi) is 9.74. The van der Waals surface area contributed by atoms with E-state index >= 15 is 0 Å². The first-order valence-electron chi connectivity index (χ1n) is 10.9. The standard InChI is InChI=1S/C23H37N3O5/c1-7-10-26-12-16(2)21(30-6)13-25(4)23(28)19-11-18(24-22(27)15-29-5)8-9-20(19)31-14-17(26)3/h8-9,11,16-17,21H,7,10,12-15H2,1-6H3,(H,24,27)/t16-,17+,21-/m0/s1. The fourth-order valence-corrected chi connectivity index (χ4v) is 3.86.